The number of nitrogens with one attached hydrogen (secondary N) is 1. The minimum atomic E-state index is -0.446. The van der Waals surface area contributed by atoms with E-state index in [1.807, 2.05) is 60.4 Å². The molecule has 0 radical (unpaired) electrons. The molecule has 1 atom stereocenters. The van der Waals surface area contributed by atoms with Crippen LogP contribution in [-0.4, -0.2) is 27.3 Å². The van der Waals surface area contributed by atoms with E-state index in [9.17, 15) is 9.59 Å². The fourth-order valence-corrected chi connectivity index (χ4v) is 5.10. The molecule has 6 nitrogen and oxygen atoms in total. The number of H-pyrrole nitrogens is 1. The molecule has 1 unspecified atom stereocenters. The van der Waals surface area contributed by atoms with Gasteiger partial charge in [0.05, 0.1) is 12.1 Å². The van der Waals surface area contributed by atoms with Gasteiger partial charge in [0.25, 0.3) is 0 Å². The van der Waals surface area contributed by atoms with E-state index in [0.717, 1.165) is 34.3 Å². The first-order valence-corrected chi connectivity index (χ1v) is 11.4. The van der Waals surface area contributed by atoms with Crippen molar-refractivity contribution in [3.05, 3.63) is 111 Å². The number of benzene rings is 2. The van der Waals surface area contributed by atoms with Gasteiger partial charge in [-0.3, -0.25) is 9.78 Å². The quantitative estimate of drug-likeness (QED) is 0.405. The number of aromatic nitrogens is 2. The van der Waals surface area contributed by atoms with Gasteiger partial charge in [0.15, 0.2) is 0 Å². The summed E-state index contributed by atoms with van der Waals surface area (Å²) in [6.07, 6.45) is 2.63. The lowest BCUT2D eigenvalue weighted by molar-refractivity contribution is -0.132. The lowest BCUT2D eigenvalue weighted by atomic mass is 9.94. The number of para-hydroxylation sites is 1. The summed E-state index contributed by atoms with van der Waals surface area (Å²) in [6.45, 7) is 2.52. The van der Waals surface area contributed by atoms with E-state index in [4.69, 9.17) is 4.42 Å². The van der Waals surface area contributed by atoms with Gasteiger partial charge >= 0.3 is 5.63 Å². The zero-order chi connectivity index (χ0) is 23.2. The molecular weight excluding hydrogens is 426 g/mol. The highest BCUT2D eigenvalue weighted by atomic mass is 16.4. The lowest BCUT2D eigenvalue weighted by Gasteiger charge is -2.35. The van der Waals surface area contributed by atoms with Crippen LogP contribution in [0.2, 0.25) is 0 Å². The Hall–Kier alpha value is -4.19. The number of rotatable bonds is 3. The molecule has 0 bridgehead atoms. The monoisotopic (exact) mass is 449 g/mol. The van der Waals surface area contributed by atoms with Gasteiger partial charge in [-0.1, -0.05) is 36.4 Å². The number of amides is 1. The number of aromatic amines is 1. The fourth-order valence-electron chi connectivity index (χ4n) is 5.10. The Balaban J connectivity index is 1.43. The van der Waals surface area contributed by atoms with Crippen molar-refractivity contribution >= 4 is 27.8 Å². The van der Waals surface area contributed by atoms with E-state index in [0.29, 0.717) is 17.7 Å². The van der Waals surface area contributed by atoms with Gasteiger partial charge < -0.3 is 14.3 Å². The van der Waals surface area contributed by atoms with Gasteiger partial charge in [0, 0.05) is 40.8 Å². The summed E-state index contributed by atoms with van der Waals surface area (Å²) in [5.74, 6) is -0.0487. The van der Waals surface area contributed by atoms with E-state index in [2.05, 4.69) is 22.1 Å². The van der Waals surface area contributed by atoms with Crippen LogP contribution in [0, 0.1) is 6.92 Å². The van der Waals surface area contributed by atoms with Gasteiger partial charge in [0.2, 0.25) is 5.91 Å². The number of aryl methyl sites for hydroxylation is 1. The summed E-state index contributed by atoms with van der Waals surface area (Å²) in [7, 11) is 0. The standard InChI is InChI=1S/C28H23N3O3/c1-17-9-10-19-18(16-26(33)34-24(19)14-17)15-25(32)31-13-11-21-20-6-2-3-7-22(20)30-27(21)28(31)23-8-4-5-12-29-23/h2-10,12,14,16,28,30H,11,13,15H2,1H3. The highest BCUT2D eigenvalue weighted by Crippen LogP contribution is 2.38. The Morgan fingerprint density at radius 1 is 1.09 bits per heavy atom. The van der Waals surface area contributed by atoms with Crippen LogP contribution < -0.4 is 5.63 Å². The average molecular weight is 450 g/mol. The number of hydrogen-bond donors (Lipinski definition) is 1. The summed E-state index contributed by atoms with van der Waals surface area (Å²) in [5, 5.41) is 1.98. The van der Waals surface area contributed by atoms with Crippen LogP contribution >= 0.6 is 0 Å². The Bertz CT molecular complexity index is 1600. The molecular formula is C28H23N3O3. The van der Waals surface area contributed by atoms with Crippen molar-refractivity contribution in [2.75, 3.05) is 6.54 Å². The van der Waals surface area contributed by atoms with E-state index in [1.165, 1.54) is 17.0 Å². The van der Waals surface area contributed by atoms with Crippen molar-refractivity contribution in [1.82, 2.24) is 14.9 Å². The highest BCUT2D eigenvalue weighted by molar-refractivity contribution is 5.89. The third kappa shape index (κ3) is 3.39. The fraction of sp³-hybridized carbons (Fsp3) is 0.179. The topological polar surface area (TPSA) is 79.2 Å². The number of nitrogens with zero attached hydrogens (tertiary/aromatic N) is 2. The smallest absolute Gasteiger partial charge is 0.336 e. The number of pyridine rings is 1. The Morgan fingerprint density at radius 3 is 2.79 bits per heavy atom. The normalized spacial score (nSPS) is 15.6. The number of carbonyl (C=O) groups is 1. The van der Waals surface area contributed by atoms with Crippen LogP contribution in [0.15, 0.2) is 82.1 Å². The third-order valence-corrected chi connectivity index (χ3v) is 6.65. The van der Waals surface area contributed by atoms with E-state index in [-0.39, 0.29) is 18.4 Å². The summed E-state index contributed by atoms with van der Waals surface area (Å²) < 4.78 is 5.39. The van der Waals surface area contributed by atoms with E-state index < -0.39 is 5.63 Å². The zero-order valence-electron chi connectivity index (χ0n) is 18.7. The molecule has 6 heteroatoms. The SMILES string of the molecule is Cc1ccc2c(CC(=O)N3CCc4c([nH]c5ccccc45)C3c3ccccn3)cc(=O)oc2c1. The van der Waals surface area contributed by atoms with Crippen LogP contribution in [0.3, 0.4) is 0 Å². The van der Waals surface area contributed by atoms with Crippen molar-refractivity contribution in [1.29, 1.82) is 0 Å². The molecule has 5 aromatic rings. The first-order chi connectivity index (χ1) is 16.6. The van der Waals surface area contributed by atoms with Crippen molar-refractivity contribution in [2.45, 2.75) is 25.8 Å². The minimum absolute atomic E-state index is 0.0487. The molecule has 1 amide bonds. The van der Waals surface area contributed by atoms with Gasteiger partial charge in [-0.2, -0.15) is 0 Å². The molecule has 0 aliphatic carbocycles. The van der Waals surface area contributed by atoms with Crippen molar-refractivity contribution in [3.8, 4) is 0 Å². The molecule has 0 saturated heterocycles. The Labute approximate surface area is 195 Å². The summed E-state index contributed by atoms with van der Waals surface area (Å²) in [6, 6.07) is 20.8. The first-order valence-electron chi connectivity index (χ1n) is 11.4. The summed E-state index contributed by atoms with van der Waals surface area (Å²) >= 11 is 0. The maximum absolute atomic E-state index is 13.7. The first kappa shape index (κ1) is 20.4. The van der Waals surface area contributed by atoms with Gasteiger partial charge in [0.1, 0.15) is 11.6 Å². The number of carbonyl (C=O) groups excluding carboxylic acids is 1. The molecule has 4 heterocycles. The molecule has 2 aromatic carbocycles. The van der Waals surface area contributed by atoms with E-state index in [1.54, 1.807) is 6.20 Å². The third-order valence-electron chi connectivity index (χ3n) is 6.65. The van der Waals surface area contributed by atoms with Crippen molar-refractivity contribution < 1.29 is 9.21 Å². The van der Waals surface area contributed by atoms with Crippen LogP contribution in [-0.2, 0) is 17.6 Å². The molecule has 6 rings (SSSR count). The van der Waals surface area contributed by atoms with E-state index >= 15 is 0 Å². The van der Waals surface area contributed by atoms with Crippen LogP contribution in [0.4, 0.5) is 0 Å². The maximum Gasteiger partial charge on any atom is 0.336 e. The number of fused-ring (bicyclic) bond motifs is 4. The van der Waals surface area contributed by atoms with Crippen molar-refractivity contribution in [2.24, 2.45) is 0 Å². The maximum atomic E-state index is 13.7. The molecule has 0 fully saturated rings. The molecule has 1 aliphatic rings. The predicted molar refractivity (Wildman–Crippen MR) is 131 cm³/mol. The molecule has 0 spiro atoms. The van der Waals surface area contributed by atoms with Gasteiger partial charge in [-0.25, -0.2) is 4.79 Å². The van der Waals surface area contributed by atoms with Crippen LogP contribution in [0.5, 0.6) is 0 Å². The summed E-state index contributed by atoms with van der Waals surface area (Å²) in [4.78, 5) is 36.0. The van der Waals surface area contributed by atoms with Crippen LogP contribution in [0.1, 0.15) is 34.1 Å². The zero-order valence-corrected chi connectivity index (χ0v) is 18.7. The second-order valence-electron chi connectivity index (χ2n) is 8.82. The van der Waals surface area contributed by atoms with Gasteiger partial charge in [-0.05, 0) is 54.3 Å². The average Bonchev–Trinajstić information content (AvgIpc) is 3.22. The molecule has 0 saturated carbocycles. The Kier molecular flexibility index (Phi) is 4.80. The molecule has 3 aromatic heterocycles. The molecule has 1 N–H and O–H groups in total. The largest absolute Gasteiger partial charge is 0.423 e. The molecule has 168 valence electrons. The highest BCUT2D eigenvalue weighted by Gasteiger charge is 2.35. The number of hydrogen-bond acceptors (Lipinski definition) is 4. The van der Waals surface area contributed by atoms with Crippen molar-refractivity contribution in [3.63, 3.8) is 0 Å². The minimum Gasteiger partial charge on any atom is -0.423 e. The molecule has 34 heavy (non-hydrogen) atoms. The predicted octanol–water partition coefficient (Wildman–Crippen LogP) is 4.69. The second kappa shape index (κ2) is 7.99. The lowest BCUT2D eigenvalue weighted by Crippen LogP contribution is -2.41. The Morgan fingerprint density at radius 2 is 1.94 bits per heavy atom. The summed E-state index contributed by atoms with van der Waals surface area (Å²) in [5.41, 5.74) is 5.85. The van der Waals surface area contributed by atoms with Crippen LogP contribution in [0.25, 0.3) is 21.9 Å². The second-order valence-corrected chi connectivity index (χ2v) is 8.82. The molecule has 1 aliphatic heterocycles. The van der Waals surface area contributed by atoms with Gasteiger partial charge in [-0.15, -0.1) is 0 Å².